The second-order valence-corrected chi connectivity index (χ2v) is 7.04. The molecular weight excluding hydrogens is 377 g/mol. The molecule has 154 valence electrons. The molecule has 1 saturated heterocycles. The molecule has 2 amide bonds. The topological polar surface area (TPSA) is 93.9 Å². The van der Waals surface area contributed by atoms with E-state index < -0.39 is 24.4 Å². The number of nitrogens with zero attached hydrogens (tertiary/aromatic N) is 1. The molecule has 29 heavy (non-hydrogen) atoms. The van der Waals surface area contributed by atoms with Crippen molar-refractivity contribution >= 4 is 23.4 Å². The molecule has 1 heterocycles. The first-order valence-corrected chi connectivity index (χ1v) is 9.35. The van der Waals surface area contributed by atoms with Gasteiger partial charge in [-0.25, -0.2) is 9.18 Å². The van der Waals surface area contributed by atoms with Gasteiger partial charge in [-0.2, -0.15) is 0 Å². The largest absolute Gasteiger partial charge is 0.440 e. The van der Waals surface area contributed by atoms with E-state index in [1.165, 1.54) is 6.07 Å². The van der Waals surface area contributed by atoms with Gasteiger partial charge in [0.1, 0.15) is 0 Å². The molecule has 0 radical (unpaired) electrons. The Balaban J connectivity index is 1.82. The molecule has 1 aliphatic heterocycles. The average molecular weight is 401 g/mol. The van der Waals surface area contributed by atoms with Gasteiger partial charge in [0, 0.05) is 24.3 Å². The number of primary amides is 1. The van der Waals surface area contributed by atoms with E-state index in [1.54, 1.807) is 12.1 Å². The molecule has 3 rings (SSSR count). The second kappa shape index (κ2) is 8.91. The first-order valence-electron chi connectivity index (χ1n) is 9.35. The summed E-state index contributed by atoms with van der Waals surface area (Å²) in [4.78, 5) is 24.6. The van der Waals surface area contributed by atoms with Crippen molar-refractivity contribution in [1.82, 2.24) is 0 Å². The number of carbonyl (C=O) groups is 2. The van der Waals surface area contributed by atoms with Crippen LogP contribution in [-0.2, 0) is 14.3 Å². The summed E-state index contributed by atoms with van der Waals surface area (Å²) in [6.07, 6.45) is -0.849. The van der Waals surface area contributed by atoms with Crippen molar-refractivity contribution < 1.29 is 23.5 Å². The number of ether oxygens (including phenoxy) is 2. The molecule has 0 aliphatic carbocycles. The van der Waals surface area contributed by atoms with Crippen LogP contribution in [0.3, 0.4) is 0 Å². The van der Waals surface area contributed by atoms with Gasteiger partial charge in [0.2, 0.25) is 0 Å². The van der Waals surface area contributed by atoms with Gasteiger partial charge in [-0.3, -0.25) is 4.79 Å². The van der Waals surface area contributed by atoms with E-state index in [4.69, 9.17) is 10.5 Å². The quantitative estimate of drug-likeness (QED) is 0.803. The van der Waals surface area contributed by atoms with E-state index in [9.17, 15) is 9.59 Å². The zero-order valence-corrected chi connectivity index (χ0v) is 16.4. The highest BCUT2D eigenvalue weighted by atomic mass is 19.1. The summed E-state index contributed by atoms with van der Waals surface area (Å²) >= 11 is 0. The Hall–Kier alpha value is -3.13. The summed E-state index contributed by atoms with van der Waals surface area (Å²) in [6, 6.07) is 12.3. The highest BCUT2D eigenvalue weighted by molar-refractivity contribution is 5.93. The molecule has 1 fully saturated rings. The maximum absolute atomic E-state index is 15.0. The van der Waals surface area contributed by atoms with Crippen LogP contribution in [0.4, 0.5) is 20.6 Å². The molecule has 0 spiro atoms. The normalized spacial score (nSPS) is 18.9. The molecular formula is C21H24FN3O4. The number of hydrogen-bond acceptors (Lipinski definition) is 5. The molecule has 8 heteroatoms. The van der Waals surface area contributed by atoms with E-state index in [0.29, 0.717) is 11.1 Å². The van der Waals surface area contributed by atoms with Gasteiger partial charge in [0.15, 0.2) is 12.4 Å². The lowest BCUT2D eigenvalue weighted by molar-refractivity contribution is -0.118. The Morgan fingerprint density at radius 1 is 1.21 bits per heavy atom. The van der Waals surface area contributed by atoms with Crippen molar-refractivity contribution in [2.24, 2.45) is 5.73 Å². The molecule has 7 nitrogen and oxygen atoms in total. The van der Waals surface area contributed by atoms with Crippen molar-refractivity contribution in [1.29, 1.82) is 0 Å². The molecule has 2 aromatic carbocycles. The molecule has 0 saturated carbocycles. The van der Waals surface area contributed by atoms with E-state index in [0.717, 1.165) is 18.8 Å². The van der Waals surface area contributed by atoms with Crippen molar-refractivity contribution in [3.05, 3.63) is 48.3 Å². The Morgan fingerprint density at radius 3 is 2.59 bits per heavy atom. The number of carbonyl (C=O) groups excluding carboxylic acids is 2. The third kappa shape index (κ3) is 5.23. The molecule has 2 aromatic rings. The molecule has 3 N–H and O–H groups in total. The average Bonchev–Trinajstić information content (AvgIpc) is 2.67. The summed E-state index contributed by atoms with van der Waals surface area (Å²) in [5, 5.41) is 2.39. The van der Waals surface area contributed by atoms with Crippen molar-refractivity contribution in [2.45, 2.75) is 26.1 Å². The van der Waals surface area contributed by atoms with Gasteiger partial charge in [-0.15, -0.1) is 0 Å². The molecule has 1 aliphatic rings. The summed E-state index contributed by atoms with van der Waals surface area (Å²) in [7, 11) is 0. The van der Waals surface area contributed by atoms with E-state index in [1.807, 2.05) is 38.1 Å². The van der Waals surface area contributed by atoms with Crippen LogP contribution < -0.4 is 16.0 Å². The van der Waals surface area contributed by atoms with Crippen LogP contribution in [0.2, 0.25) is 0 Å². The summed E-state index contributed by atoms with van der Waals surface area (Å²) in [6.45, 7) is 4.99. The SMILES string of the molecule is CC1CN(c2cccc(-c3cccc(NC(=O)COC(N)=O)c3F)c2)CC(C)O1. The lowest BCUT2D eigenvalue weighted by atomic mass is 10.0. The number of morpholine rings is 1. The van der Waals surface area contributed by atoms with Crippen LogP contribution in [-0.4, -0.2) is 43.9 Å². The van der Waals surface area contributed by atoms with Gasteiger partial charge in [-0.05, 0) is 37.6 Å². The predicted molar refractivity (Wildman–Crippen MR) is 108 cm³/mol. The summed E-state index contributed by atoms with van der Waals surface area (Å²) < 4.78 is 25.2. The number of halogens is 1. The predicted octanol–water partition coefficient (Wildman–Crippen LogP) is 3.14. The van der Waals surface area contributed by atoms with Crippen molar-refractivity contribution in [3.8, 4) is 11.1 Å². The van der Waals surface area contributed by atoms with Crippen LogP contribution >= 0.6 is 0 Å². The lowest BCUT2D eigenvalue weighted by Crippen LogP contribution is -2.45. The molecule has 0 bridgehead atoms. The van der Waals surface area contributed by atoms with Crippen LogP contribution in [0.5, 0.6) is 0 Å². The molecule has 2 atom stereocenters. The van der Waals surface area contributed by atoms with Crippen molar-refractivity contribution in [3.63, 3.8) is 0 Å². The van der Waals surface area contributed by atoms with E-state index in [-0.39, 0.29) is 17.9 Å². The Morgan fingerprint density at radius 2 is 1.90 bits per heavy atom. The van der Waals surface area contributed by atoms with Crippen LogP contribution in [0.1, 0.15) is 13.8 Å². The number of amides is 2. The molecule has 0 aromatic heterocycles. The van der Waals surface area contributed by atoms with Gasteiger partial charge in [0.05, 0.1) is 17.9 Å². The fraction of sp³-hybridized carbons (Fsp3) is 0.333. The monoisotopic (exact) mass is 401 g/mol. The fourth-order valence-electron chi connectivity index (χ4n) is 3.43. The number of benzene rings is 2. The minimum atomic E-state index is -1.07. The third-order valence-electron chi connectivity index (χ3n) is 4.56. The van der Waals surface area contributed by atoms with Gasteiger partial charge in [0.25, 0.3) is 5.91 Å². The number of rotatable bonds is 5. The zero-order chi connectivity index (χ0) is 21.0. The van der Waals surface area contributed by atoms with Gasteiger partial charge in [-0.1, -0.05) is 24.3 Å². The van der Waals surface area contributed by atoms with Crippen LogP contribution in [0.15, 0.2) is 42.5 Å². The standard InChI is InChI=1S/C21H24FN3O4/c1-13-10-25(11-14(2)29-13)16-6-3-5-15(9-16)17-7-4-8-18(20(17)22)24-19(26)12-28-21(23)27/h3-9,13-14H,10-12H2,1-2H3,(H2,23,27)(H,24,26). The van der Waals surface area contributed by atoms with Gasteiger partial charge >= 0.3 is 6.09 Å². The highest BCUT2D eigenvalue weighted by Gasteiger charge is 2.23. The first-order chi connectivity index (χ1) is 13.8. The van der Waals surface area contributed by atoms with E-state index >= 15 is 4.39 Å². The highest BCUT2D eigenvalue weighted by Crippen LogP contribution is 2.31. The lowest BCUT2D eigenvalue weighted by Gasteiger charge is -2.37. The summed E-state index contributed by atoms with van der Waals surface area (Å²) in [5.74, 6) is -1.24. The van der Waals surface area contributed by atoms with Crippen molar-refractivity contribution in [2.75, 3.05) is 29.9 Å². The Bertz CT molecular complexity index is 895. The van der Waals surface area contributed by atoms with E-state index in [2.05, 4.69) is 15.0 Å². The number of anilines is 2. The minimum absolute atomic E-state index is 0.000379. The van der Waals surface area contributed by atoms with Crippen LogP contribution in [0, 0.1) is 5.82 Å². The maximum Gasteiger partial charge on any atom is 0.405 e. The maximum atomic E-state index is 15.0. The Labute approximate surface area is 168 Å². The minimum Gasteiger partial charge on any atom is -0.440 e. The summed E-state index contributed by atoms with van der Waals surface area (Å²) in [5.41, 5.74) is 6.86. The third-order valence-corrected chi connectivity index (χ3v) is 4.56. The first kappa shape index (κ1) is 20.6. The van der Waals surface area contributed by atoms with Gasteiger partial charge < -0.3 is 25.4 Å². The van der Waals surface area contributed by atoms with Crippen LogP contribution in [0.25, 0.3) is 11.1 Å². The number of nitrogens with one attached hydrogen (secondary N) is 1. The second-order valence-electron chi connectivity index (χ2n) is 7.04. The smallest absolute Gasteiger partial charge is 0.405 e. The number of hydrogen-bond donors (Lipinski definition) is 2. The number of nitrogens with two attached hydrogens (primary N) is 1. The Kier molecular flexibility index (Phi) is 6.33. The molecule has 2 unspecified atom stereocenters. The fourth-order valence-corrected chi connectivity index (χ4v) is 3.43. The zero-order valence-electron chi connectivity index (χ0n) is 16.4.